The first kappa shape index (κ1) is 13.6. The smallest absolute Gasteiger partial charge is 0.0388 e. The van der Waals surface area contributed by atoms with E-state index in [1.807, 2.05) is 0 Å². The SMILES string of the molecule is CCN1CCCCC(CN)C1c1cccc(C)c1. The van der Waals surface area contributed by atoms with Gasteiger partial charge in [0.25, 0.3) is 0 Å². The van der Waals surface area contributed by atoms with Crippen LogP contribution in [0.1, 0.15) is 43.4 Å². The van der Waals surface area contributed by atoms with Gasteiger partial charge in [0.1, 0.15) is 0 Å². The van der Waals surface area contributed by atoms with Crippen molar-refractivity contribution >= 4 is 0 Å². The Balaban J connectivity index is 2.32. The molecule has 0 amide bonds. The molecule has 18 heavy (non-hydrogen) atoms. The van der Waals surface area contributed by atoms with E-state index in [1.54, 1.807) is 0 Å². The summed E-state index contributed by atoms with van der Waals surface area (Å²) in [4.78, 5) is 2.61. The lowest BCUT2D eigenvalue weighted by Gasteiger charge is -2.34. The van der Waals surface area contributed by atoms with E-state index in [0.717, 1.165) is 13.1 Å². The topological polar surface area (TPSA) is 29.3 Å². The highest BCUT2D eigenvalue weighted by atomic mass is 15.2. The van der Waals surface area contributed by atoms with Crippen LogP contribution >= 0.6 is 0 Å². The first-order valence-corrected chi connectivity index (χ1v) is 7.27. The third kappa shape index (κ3) is 2.93. The Labute approximate surface area is 111 Å². The van der Waals surface area contributed by atoms with Crippen LogP contribution in [0, 0.1) is 12.8 Å². The fourth-order valence-corrected chi connectivity index (χ4v) is 3.26. The molecule has 0 aromatic heterocycles. The largest absolute Gasteiger partial charge is 0.330 e. The van der Waals surface area contributed by atoms with Gasteiger partial charge in [0.05, 0.1) is 0 Å². The number of rotatable bonds is 3. The van der Waals surface area contributed by atoms with Crippen molar-refractivity contribution in [2.75, 3.05) is 19.6 Å². The number of hydrogen-bond acceptors (Lipinski definition) is 2. The van der Waals surface area contributed by atoms with Gasteiger partial charge in [0, 0.05) is 6.04 Å². The third-order valence-corrected chi connectivity index (χ3v) is 4.20. The van der Waals surface area contributed by atoms with Crippen LogP contribution in [0.5, 0.6) is 0 Å². The summed E-state index contributed by atoms with van der Waals surface area (Å²) in [5, 5.41) is 0. The van der Waals surface area contributed by atoms with Crippen LogP contribution in [0.2, 0.25) is 0 Å². The van der Waals surface area contributed by atoms with Crippen LogP contribution in [-0.4, -0.2) is 24.5 Å². The minimum absolute atomic E-state index is 0.516. The maximum absolute atomic E-state index is 6.03. The molecule has 1 heterocycles. The van der Waals surface area contributed by atoms with Gasteiger partial charge in [-0.25, -0.2) is 0 Å². The van der Waals surface area contributed by atoms with E-state index in [-0.39, 0.29) is 0 Å². The summed E-state index contributed by atoms with van der Waals surface area (Å²) >= 11 is 0. The van der Waals surface area contributed by atoms with Crippen molar-refractivity contribution in [3.05, 3.63) is 35.4 Å². The Morgan fingerprint density at radius 1 is 1.33 bits per heavy atom. The standard InChI is InChI=1S/C16H26N2/c1-3-18-10-5-4-8-15(12-17)16(18)14-9-6-7-13(2)11-14/h6-7,9,11,15-16H,3-5,8,10,12,17H2,1-2H3. The molecule has 2 rings (SSSR count). The molecule has 2 unspecified atom stereocenters. The van der Waals surface area contributed by atoms with E-state index in [1.165, 1.54) is 36.9 Å². The first-order valence-electron chi connectivity index (χ1n) is 7.27. The lowest BCUT2D eigenvalue weighted by Crippen LogP contribution is -2.35. The molecule has 1 aliphatic rings. The Morgan fingerprint density at radius 3 is 2.83 bits per heavy atom. The highest BCUT2D eigenvalue weighted by molar-refractivity contribution is 5.26. The van der Waals surface area contributed by atoms with Crippen LogP contribution in [-0.2, 0) is 0 Å². The van der Waals surface area contributed by atoms with E-state index < -0.39 is 0 Å². The number of benzene rings is 1. The van der Waals surface area contributed by atoms with Crippen LogP contribution in [0.25, 0.3) is 0 Å². The van der Waals surface area contributed by atoms with Gasteiger partial charge in [-0.1, -0.05) is 43.2 Å². The monoisotopic (exact) mass is 246 g/mol. The molecule has 100 valence electrons. The molecule has 1 aliphatic heterocycles. The minimum atomic E-state index is 0.516. The summed E-state index contributed by atoms with van der Waals surface area (Å²) in [5.41, 5.74) is 8.83. The normalized spacial score (nSPS) is 25.9. The van der Waals surface area contributed by atoms with Crippen molar-refractivity contribution < 1.29 is 0 Å². The fourth-order valence-electron chi connectivity index (χ4n) is 3.26. The highest BCUT2D eigenvalue weighted by Gasteiger charge is 2.29. The second-order valence-electron chi connectivity index (χ2n) is 5.48. The molecule has 0 spiro atoms. The highest BCUT2D eigenvalue weighted by Crippen LogP contribution is 2.34. The zero-order chi connectivity index (χ0) is 13.0. The Hall–Kier alpha value is -0.860. The summed E-state index contributed by atoms with van der Waals surface area (Å²) in [6.45, 7) is 7.57. The molecule has 0 aliphatic carbocycles. The molecular weight excluding hydrogens is 220 g/mol. The molecule has 2 N–H and O–H groups in total. The molecule has 0 radical (unpaired) electrons. The molecule has 2 atom stereocenters. The average molecular weight is 246 g/mol. The van der Waals surface area contributed by atoms with Crippen LogP contribution in [0.15, 0.2) is 24.3 Å². The Kier molecular flexibility index (Phi) is 4.79. The van der Waals surface area contributed by atoms with Crippen molar-refractivity contribution in [1.29, 1.82) is 0 Å². The molecule has 1 fully saturated rings. The number of likely N-dealkylation sites (tertiary alicyclic amines) is 1. The first-order chi connectivity index (χ1) is 8.76. The summed E-state index contributed by atoms with van der Waals surface area (Å²) in [5.74, 6) is 0.606. The molecule has 2 heteroatoms. The van der Waals surface area contributed by atoms with E-state index in [4.69, 9.17) is 5.73 Å². The minimum Gasteiger partial charge on any atom is -0.330 e. The van der Waals surface area contributed by atoms with Crippen molar-refractivity contribution in [2.45, 2.75) is 39.2 Å². The van der Waals surface area contributed by atoms with E-state index in [9.17, 15) is 0 Å². The van der Waals surface area contributed by atoms with Gasteiger partial charge in [0.15, 0.2) is 0 Å². The van der Waals surface area contributed by atoms with Gasteiger partial charge in [-0.05, 0) is 50.9 Å². The molecule has 2 nitrogen and oxygen atoms in total. The van der Waals surface area contributed by atoms with Gasteiger partial charge in [-0.15, -0.1) is 0 Å². The summed E-state index contributed by atoms with van der Waals surface area (Å²) in [6, 6.07) is 9.47. The van der Waals surface area contributed by atoms with E-state index >= 15 is 0 Å². The summed E-state index contributed by atoms with van der Waals surface area (Å²) in [6.07, 6.45) is 3.90. The molecule has 0 bridgehead atoms. The fraction of sp³-hybridized carbons (Fsp3) is 0.625. The molecular formula is C16H26N2. The van der Waals surface area contributed by atoms with Crippen molar-refractivity contribution in [3.8, 4) is 0 Å². The quantitative estimate of drug-likeness (QED) is 0.888. The molecule has 1 aromatic rings. The second-order valence-corrected chi connectivity index (χ2v) is 5.48. The number of aryl methyl sites for hydroxylation is 1. The van der Waals surface area contributed by atoms with E-state index in [0.29, 0.717) is 12.0 Å². The van der Waals surface area contributed by atoms with Crippen molar-refractivity contribution in [3.63, 3.8) is 0 Å². The zero-order valence-electron chi connectivity index (χ0n) is 11.7. The number of nitrogens with two attached hydrogens (primary N) is 1. The van der Waals surface area contributed by atoms with E-state index in [2.05, 4.69) is 43.0 Å². The predicted molar refractivity (Wildman–Crippen MR) is 77.6 cm³/mol. The molecule has 1 saturated heterocycles. The average Bonchev–Trinajstić information content (AvgIpc) is 2.60. The molecule has 0 saturated carbocycles. The number of nitrogens with zero attached hydrogens (tertiary/aromatic N) is 1. The second kappa shape index (κ2) is 6.35. The number of hydrogen-bond donors (Lipinski definition) is 1. The van der Waals surface area contributed by atoms with Gasteiger partial charge in [0.2, 0.25) is 0 Å². The third-order valence-electron chi connectivity index (χ3n) is 4.20. The molecule has 1 aromatic carbocycles. The maximum Gasteiger partial charge on any atom is 0.0388 e. The Morgan fingerprint density at radius 2 is 2.17 bits per heavy atom. The Bertz CT molecular complexity index is 361. The summed E-state index contributed by atoms with van der Waals surface area (Å²) in [7, 11) is 0. The lowest BCUT2D eigenvalue weighted by molar-refractivity contribution is 0.166. The van der Waals surface area contributed by atoms with Crippen LogP contribution < -0.4 is 5.73 Å². The van der Waals surface area contributed by atoms with Crippen molar-refractivity contribution in [2.24, 2.45) is 11.7 Å². The van der Waals surface area contributed by atoms with Crippen LogP contribution in [0.3, 0.4) is 0 Å². The van der Waals surface area contributed by atoms with Gasteiger partial charge < -0.3 is 5.73 Å². The van der Waals surface area contributed by atoms with Gasteiger partial charge >= 0.3 is 0 Å². The van der Waals surface area contributed by atoms with Crippen molar-refractivity contribution in [1.82, 2.24) is 4.90 Å². The van der Waals surface area contributed by atoms with Crippen LogP contribution in [0.4, 0.5) is 0 Å². The lowest BCUT2D eigenvalue weighted by atomic mass is 9.88. The zero-order valence-corrected chi connectivity index (χ0v) is 11.7. The predicted octanol–water partition coefficient (Wildman–Crippen LogP) is 3.12. The van der Waals surface area contributed by atoms with Gasteiger partial charge in [-0.3, -0.25) is 4.90 Å². The maximum atomic E-state index is 6.03. The van der Waals surface area contributed by atoms with Gasteiger partial charge in [-0.2, -0.15) is 0 Å². The summed E-state index contributed by atoms with van der Waals surface area (Å²) < 4.78 is 0.